The molecule has 2 aliphatic heterocycles. The standard InChI is InChI=1S/C19H25FN4O3/c1-12(21)15-5-3-4-10-23(15)16(25)11-24-17(26)19(2,22-18(24)27)13-6-8-14(20)9-7-13/h6-9,12,15H,3-5,10-11,21H2,1-2H3,(H,22,27). The van der Waals surface area contributed by atoms with Crippen molar-refractivity contribution in [1.82, 2.24) is 15.1 Å². The van der Waals surface area contributed by atoms with Crippen LogP contribution in [0, 0.1) is 5.82 Å². The minimum atomic E-state index is -1.33. The Balaban J connectivity index is 1.77. The second-order valence-corrected chi connectivity index (χ2v) is 7.46. The number of urea groups is 1. The van der Waals surface area contributed by atoms with E-state index in [0.29, 0.717) is 12.1 Å². The molecule has 0 spiro atoms. The lowest BCUT2D eigenvalue weighted by atomic mass is 9.92. The highest BCUT2D eigenvalue weighted by Gasteiger charge is 2.50. The number of rotatable bonds is 4. The number of amides is 4. The van der Waals surface area contributed by atoms with E-state index in [0.717, 1.165) is 24.2 Å². The molecule has 1 aromatic rings. The minimum absolute atomic E-state index is 0.0875. The molecular weight excluding hydrogens is 351 g/mol. The normalized spacial score (nSPS) is 26.9. The maximum absolute atomic E-state index is 13.2. The predicted octanol–water partition coefficient (Wildman–Crippen LogP) is 1.32. The van der Waals surface area contributed by atoms with Gasteiger partial charge in [-0.3, -0.25) is 14.5 Å². The van der Waals surface area contributed by atoms with E-state index in [-0.39, 0.29) is 24.5 Å². The number of nitrogens with zero attached hydrogens (tertiary/aromatic N) is 2. The van der Waals surface area contributed by atoms with E-state index in [4.69, 9.17) is 5.73 Å². The van der Waals surface area contributed by atoms with Crippen molar-refractivity contribution >= 4 is 17.8 Å². The zero-order valence-electron chi connectivity index (χ0n) is 15.6. The Labute approximate surface area is 157 Å². The number of piperidine rings is 1. The second-order valence-electron chi connectivity index (χ2n) is 7.46. The van der Waals surface area contributed by atoms with Crippen LogP contribution in [0.5, 0.6) is 0 Å². The second kappa shape index (κ2) is 7.26. The van der Waals surface area contributed by atoms with E-state index in [1.807, 2.05) is 6.92 Å². The third-order valence-electron chi connectivity index (χ3n) is 5.47. The lowest BCUT2D eigenvalue weighted by molar-refractivity contribution is -0.141. The van der Waals surface area contributed by atoms with Crippen LogP contribution in [-0.2, 0) is 15.1 Å². The summed E-state index contributed by atoms with van der Waals surface area (Å²) in [7, 11) is 0. The zero-order valence-corrected chi connectivity index (χ0v) is 15.6. The summed E-state index contributed by atoms with van der Waals surface area (Å²) >= 11 is 0. The SMILES string of the molecule is CC(N)C1CCCCN1C(=O)CN1C(=O)NC(C)(c2ccc(F)cc2)C1=O. The quantitative estimate of drug-likeness (QED) is 0.775. The lowest BCUT2D eigenvalue weighted by Gasteiger charge is -2.38. The monoisotopic (exact) mass is 376 g/mol. The molecule has 1 aromatic carbocycles. The Hall–Kier alpha value is -2.48. The van der Waals surface area contributed by atoms with Gasteiger partial charge >= 0.3 is 6.03 Å². The van der Waals surface area contributed by atoms with Gasteiger partial charge in [0, 0.05) is 18.6 Å². The van der Waals surface area contributed by atoms with Crippen molar-refractivity contribution in [3.63, 3.8) is 0 Å². The van der Waals surface area contributed by atoms with Gasteiger partial charge in [-0.05, 0) is 50.8 Å². The minimum Gasteiger partial charge on any atom is -0.337 e. The van der Waals surface area contributed by atoms with Gasteiger partial charge in [-0.1, -0.05) is 12.1 Å². The van der Waals surface area contributed by atoms with Gasteiger partial charge in [0.2, 0.25) is 5.91 Å². The molecule has 2 fully saturated rings. The number of nitrogens with one attached hydrogen (secondary N) is 1. The number of halogens is 1. The average Bonchev–Trinajstić information content (AvgIpc) is 2.86. The summed E-state index contributed by atoms with van der Waals surface area (Å²) in [6.45, 7) is 3.65. The maximum atomic E-state index is 13.2. The highest BCUT2D eigenvalue weighted by atomic mass is 19.1. The molecule has 0 bridgehead atoms. The summed E-state index contributed by atoms with van der Waals surface area (Å²) in [5.74, 6) is -1.25. The van der Waals surface area contributed by atoms with Crippen LogP contribution >= 0.6 is 0 Å². The predicted molar refractivity (Wildman–Crippen MR) is 97.0 cm³/mol. The summed E-state index contributed by atoms with van der Waals surface area (Å²) in [6, 6.07) is 4.47. The Morgan fingerprint density at radius 3 is 2.63 bits per heavy atom. The van der Waals surface area contributed by atoms with Crippen molar-refractivity contribution in [2.24, 2.45) is 5.73 Å². The molecule has 146 valence electrons. The highest BCUT2D eigenvalue weighted by molar-refractivity contribution is 6.09. The number of benzene rings is 1. The van der Waals surface area contributed by atoms with Crippen LogP contribution < -0.4 is 11.1 Å². The molecule has 2 saturated heterocycles. The summed E-state index contributed by atoms with van der Waals surface area (Å²) in [5.41, 5.74) is 5.14. The van der Waals surface area contributed by atoms with E-state index in [1.165, 1.54) is 24.3 Å². The van der Waals surface area contributed by atoms with Gasteiger partial charge in [0.15, 0.2) is 0 Å². The molecule has 2 aliphatic rings. The highest BCUT2D eigenvalue weighted by Crippen LogP contribution is 2.29. The topological polar surface area (TPSA) is 95.7 Å². The van der Waals surface area contributed by atoms with Crippen LogP contribution in [0.15, 0.2) is 24.3 Å². The summed E-state index contributed by atoms with van der Waals surface area (Å²) in [6.07, 6.45) is 2.70. The molecule has 4 amide bonds. The van der Waals surface area contributed by atoms with E-state index >= 15 is 0 Å². The first-order valence-corrected chi connectivity index (χ1v) is 9.19. The number of likely N-dealkylation sites (tertiary alicyclic amines) is 1. The molecule has 0 saturated carbocycles. The molecule has 7 nitrogen and oxygen atoms in total. The maximum Gasteiger partial charge on any atom is 0.325 e. The molecule has 8 heteroatoms. The van der Waals surface area contributed by atoms with Crippen LogP contribution in [0.2, 0.25) is 0 Å². The fourth-order valence-corrected chi connectivity index (χ4v) is 3.86. The largest absolute Gasteiger partial charge is 0.337 e. The van der Waals surface area contributed by atoms with Gasteiger partial charge in [0.25, 0.3) is 5.91 Å². The van der Waals surface area contributed by atoms with Gasteiger partial charge < -0.3 is 16.0 Å². The van der Waals surface area contributed by atoms with Crippen molar-refractivity contribution in [3.05, 3.63) is 35.6 Å². The first kappa shape index (κ1) is 19.3. The molecule has 3 rings (SSSR count). The molecule has 0 radical (unpaired) electrons. The van der Waals surface area contributed by atoms with Crippen molar-refractivity contribution in [3.8, 4) is 0 Å². The smallest absolute Gasteiger partial charge is 0.325 e. The first-order chi connectivity index (χ1) is 12.7. The van der Waals surface area contributed by atoms with Gasteiger partial charge in [-0.15, -0.1) is 0 Å². The van der Waals surface area contributed by atoms with Gasteiger partial charge in [0.1, 0.15) is 17.9 Å². The Morgan fingerprint density at radius 2 is 2.00 bits per heavy atom. The van der Waals surface area contributed by atoms with E-state index in [2.05, 4.69) is 5.32 Å². The van der Waals surface area contributed by atoms with Crippen LogP contribution in [0.3, 0.4) is 0 Å². The molecule has 0 aromatic heterocycles. The number of hydrogen-bond donors (Lipinski definition) is 2. The first-order valence-electron chi connectivity index (χ1n) is 9.19. The summed E-state index contributed by atoms with van der Waals surface area (Å²) in [5, 5.41) is 2.63. The average molecular weight is 376 g/mol. The van der Waals surface area contributed by atoms with Crippen molar-refractivity contribution in [2.75, 3.05) is 13.1 Å². The van der Waals surface area contributed by atoms with Gasteiger partial charge in [-0.2, -0.15) is 0 Å². The Bertz CT molecular complexity index is 752. The fraction of sp³-hybridized carbons (Fsp3) is 0.526. The van der Waals surface area contributed by atoms with E-state index in [1.54, 1.807) is 11.8 Å². The van der Waals surface area contributed by atoms with Crippen molar-refractivity contribution < 1.29 is 18.8 Å². The molecular formula is C19H25FN4O3. The fourth-order valence-electron chi connectivity index (χ4n) is 3.86. The Morgan fingerprint density at radius 1 is 1.33 bits per heavy atom. The molecule has 0 aliphatic carbocycles. The summed E-state index contributed by atoms with van der Waals surface area (Å²) < 4.78 is 13.2. The Kier molecular flexibility index (Phi) is 5.19. The van der Waals surface area contributed by atoms with Crippen molar-refractivity contribution in [2.45, 2.75) is 50.7 Å². The van der Waals surface area contributed by atoms with E-state index < -0.39 is 23.3 Å². The third kappa shape index (κ3) is 3.53. The number of nitrogens with two attached hydrogens (primary N) is 1. The van der Waals surface area contributed by atoms with Gasteiger partial charge in [-0.25, -0.2) is 9.18 Å². The van der Waals surface area contributed by atoms with Crippen LogP contribution in [0.1, 0.15) is 38.7 Å². The zero-order chi connectivity index (χ0) is 19.8. The number of carbonyl (C=O) groups is 3. The van der Waals surface area contributed by atoms with Crippen LogP contribution in [0.25, 0.3) is 0 Å². The number of imide groups is 1. The number of hydrogen-bond acceptors (Lipinski definition) is 4. The lowest BCUT2D eigenvalue weighted by Crippen LogP contribution is -2.54. The molecule has 3 N–H and O–H groups in total. The van der Waals surface area contributed by atoms with Crippen LogP contribution in [0.4, 0.5) is 9.18 Å². The van der Waals surface area contributed by atoms with Gasteiger partial charge in [0.05, 0.1) is 0 Å². The molecule has 2 heterocycles. The molecule has 3 unspecified atom stereocenters. The number of carbonyl (C=O) groups excluding carboxylic acids is 3. The molecule has 3 atom stereocenters. The van der Waals surface area contributed by atoms with Crippen LogP contribution in [-0.4, -0.2) is 52.8 Å². The third-order valence-corrected chi connectivity index (χ3v) is 5.47. The van der Waals surface area contributed by atoms with Crippen molar-refractivity contribution in [1.29, 1.82) is 0 Å². The van der Waals surface area contributed by atoms with E-state index in [9.17, 15) is 18.8 Å². The molecule has 27 heavy (non-hydrogen) atoms. The summed E-state index contributed by atoms with van der Waals surface area (Å²) in [4.78, 5) is 40.7.